The molecule has 2 N–H and O–H groups in total. The van der Waals surface area contributed by atoms with Gasteiger partial charge < -0.3 is 15.4 Å². The van der Waals surface area contributed by atoms with Gasteiger partial charge in [-0.25, -0.2) is 8.78 Å². The number of nitrogens with zero attached hydrogens (tertiary/aromatic N) is 1. The lowest BCUT2D eigenvalue weighted by molar-refractivity contribution is -0.0808. The van der Waals surface area contributed by atoms with Crippen LogP contribution in [-0.2, 0) is 4.74 Å². The van der Waals surface area contributed by atoms with Crippen molar-refractivity contribution in [2.24, 2.45) is 5.73 Å². The van der Waals surface area contributed by atoms with Crippen LogP contribution in [0, 0.1) is 0 Å². The quantitative estimate of drug-likeness (QED) is 0.793. The summed E-state index contributed by atoms with van der Waals surface area (Å²) >= 11 is 0. The van der Waals surface area contributed by atoms with Crippen molar-refractivity contribution in [3.8, 4) is 0 Å². The van der Waals surface area contributed by atoms with Gasteiger partial charge in [-0.05, 0) is 24.3 Å². The van der Waals surface area contributed by atoms with Crippen molar-refractivity contribution in [1.29, 1.82) is 0 Å². The summed E-state index contributed by atoms with van der Waals surface area (Å²) in [5.74, 6) is -0.557. The van der Waals surface area contributed by atoms with Crippen molar-refractivity contribution in [2.75, 3.05) is 18.1 Å². The van der Waals surface area contributed by atoms with E-state index >= 15 is 0 Å². The zero-order valence-corrected chi connectivity index (χ0v) is 8.98. The molecule has 1 aromatic rings. The summed E-state index contributed by atoms with van der Waals surface area (Å²) in [5, 5.41) is 0. The van der Waals surface area contributed by atoms with Crippen LogP contribution in [0.2, 0.25) is 0 Å². The Balaban J connectivity index is 2.18. The van der Waals surface area contributed by atoms with E-state index in [-0.39, 0.29) is 13.2 Å². The first-order valence-electron chi connectivity index (χ1n) is 5.14. The fourth-order valence-electron chi connectivity index (χ4n) is 1.68. The van der Waals surface area contributed by atoms with Crippen LogP contribution in [0.1, 0.15) is 10.4 Å². The lowest BCUT2D eigenvalue weighted by Crippen LogP contribution is -2.46. The molecule has 1 aliphatic heterocycles. The number of amides is 1. The minimum atomic E-state index is -1.50. The zero-order valence-electron chi connectivity index (χ0n) is 8.98. The summed E-state index contributed by atoms with van der Waals surface area (Å²) in [5.41, 5.74) is 5.91. The monoisotopic (exact) mass is 242 g/mol. The van der Waals surface area contributed by atoms with Crippen LogP contribution < -0.4 is 10.6 Å². The Bertz CT molecular complexity index is 410. The van der Waals surface area contributed by atoms with E-state index in [1.807, 2.05) is 0 Å². The van der Waals surface area contributed by atoms with Gasteiger partial charge in [-0.1, -0.05) is 0 Å². The number of primary amides is 1. The Kier molecular flexibility index (Phi) is 3.23. The molecule has 0 bridgehead atoms. The van der Waals surface area contributed by atoms with Crippen molar-refractivity contribution >= 4 is 11.6 Å². The number of carbonyl (C=O) groups excluding carboxylic acids is 1. The molecule has 1 aromatic carbocycles. The number of morpholine rings is 1. The highest BCUT2D eigenvalue weighted by atomic mass is 19.2. The highest BCUT2D eigenvalue weighted by Gasteiger charge is 2.28. The number of ether oxygens (including phenoxy) is 1. The fourth-order valence-corrected chi connectivity index (χ4v) is 1.68. The van der Waals surface area contributed by atoms with E-state index < -0.39 is 18.6 Å². The van der Waals surface area contributed by atoms with Crippen LogP contribution >= 0.6 is 0 Å². The number of hydrogen-bond acceptors (Lipinski definition) is 3. The van der Waals surface area contributed by atoms with E-state index in [0.29, 0.717) is 11.3 Å². The lowest BCUT2D eigenvalue weighted by Gasteiger charge is -2.34. The Morgan fingerprint density at radius 1 is 1.35 bits per heavy atom. The van der Waals surface area contributed by atoms with Crippen molar-refractivity contribution in [3.05, 3.63) is 29.8 Å². The summed E-state index contributed by atoms with van der Waals surface area (Å²) in [6.07, 6.45) is -2.89. The van der Waals surface area contributed by atoms with Crippen LogP contribution in [0.15, 0.2) is 24.3 Å². The molecular formula is C11H12F2N2O2. The third-order valence-electron chi connectivity index (χ3n) is 2.58. The number of anilines is 1. The van der Waals surface area contributed by atoms with Gasteiger partial charge in [0, 0.05) is 11.3 Å². The molecule has 2 unspecified atom stereocenters. The third-order valence-corrected chi connectivity index (χ3v) is 2.58. The second-order valence-corrected chi connectivity index (χ2v) is 3.74. The van der Waals surface area contributed by atoms with Crippen LogP contribution in [0.3, 0.4) is 0 Å². The molecule has 0 spiro atoms. The predicted octanol–water partition coefficient (Wildman–Crippen LogP) is 1.21. The maximum Gasteiger partial charge on any atom is 0.248 e. The third kappa shape index (κ3) is 2.52. The van der Waals surface area contributed by atoms with Crippen LogP contribution in [0.4, 0.5) is 14.5 Å². The fraction of sp³-hybridized carbons (Fsp3) is 0.364. The number of benzene rings is 1. The van der Waals surface area contributed by atoms with Crippen molar-refractivity contribution in [2.45, 2.75) is 12.7 Å². The summed E-state index contributed by atoms with van der Waals surface area (Å²) in [4.78, 5) is 12.1. The smallest absolute Gasteiger partial charge is 0.248 e. The van der Waals surface area contributed by atoms with Crippen molar-refractivity contribution in [3.63, 3.8) is 0 Å². The molecule has 4 nitrogen and oxygen atoms in total. The molecule has 0 aromatic heterocycles. The molecule has 6 heteroatoms. The molecule has 17 heavy (non-hydrogen) atoms. The van der Waals surface area contributed by atoms with E-state index in [2.05, 4.69) is 4.74 Å². The normalized spacial score (nSPS) is 24.7. The van der Waals surface area contributed by atoms with Gasteiger partial charge in [0.2, 0.25) is 12.3 Å². The standard InChI is InChI=1S/C11H12F2N2O2/c12-9-6-17-10(13)5-15(9)8-3-1-7(2-4-8)11(14)16/h1-4,9-10H,5-6H2,(H2,14,16). The van der Waals surface area contributed by atoms with Crippen LogP contribution in [0.25, 0.3) is 0 Å². The van der Waals surface area contributed by atoms with Gasteiger partial charge in [-0.3, -0.25) is 4.79 Å². The van der Waals surface area contributed by atoms with E-state index in [4.69, 9.17) is 5.73 Å². The second-order valence-electron chi connectivity index (χ2n) is 3.74. The maximum absolute atomic E-state index is 13.5. The molecule has 1 amide bonds. The zero-order chi connectivity index (χ0) is 12.4. The Labute approximate surface area is 97.0 Å². The molecular weight excluding hydrogens is 230 g/mol. The van der Waals surface area contributed by atoms with E-state index in [0.717, 1.165) is 0 Å². The average molecular weight is 242 g/mol. The van der Waals surface area contributed by atoms with Gasteiger partial charge in [0.15, 0.2) is 6.30 Å². The van der Waals surface area contributed by atoms with E-state index in [9.17, 15) is 13.6 Å². The minimum absolute atomic E-state index is 0.170. The number of halogens is 2. The summed E-state index contributed by atoms with van der Waals surface area (Å²) in [6, 6.07) is 6.02. The van der Waals surface area contributed by atoms with Crippen LogP contribution in [-0.4, -0.2) is 31.7 Å². The average Bonchev–Trinajstić information content (AvgIpc) is 2.32. The summed E-state index contributed by atoms with van der Waals surface area (Å²) in [7, 11) is 0. The molecule has 2 rings (SSSR count). The first-order valence-corrected chi connectivity index (χ1v) is 5.14. The van der Waals surface area contributed by atoms with E-state index in [1.54, 1.807) is 0 Å². The second kappa shape index (κ2) is 4.67. The van der Waals surface area contributed by atoms with Gasteiger partial charge in [-0.2, -0.15) is 0 Å². The molecule has 1 saturated heterocycles. The first-order chi connectivity index (χ1) is 8.08. The van der Waals surface area contributed by atoms with Gasteiger partial charge >= 0.3 is 0 Å². The molecule has 0 saturated carbocycles. The predicted molar refractivity (Wildman–Crippen MR) is 58.0 cm³/mol. The minimum Gasteiger partial charge on any atom is -0.366 e. The highest BCUT2D eigenvalue weighted by Crippen LogP contribution is 2.23. The molecule has 0 radical (unpaired) electrons. The highest BCUT2D eigenvalue weighted by molar-refractivity contribution is 5.93. The maximum atomic E-state index is 13.5. The van der Waals surface area contributed by atoms with Gasteiger partial charge in [-0.15, -0.1) is 0 Å². The number of carbonyl (C=O) groups is 1. The molecule has 92 valence electrons. The lowest BCUT2D eigenvalue weighted by atomic mass is 10.2. The number of nitrogens with two attached hydrogens (primary N) is 1. The summed E-state index contributed by atoms with van der Waals surface area (Å²) < 4.78 is 31.1. The van der Waals surface area contributed by atoms with Gasteiger partial charge in [0.05, 0.1) is 6.54 Å². The molecule has 1 heterocycles. The topological polar surface area (TPSA) is 55.6 Å². The molecule has 2 atom stereocenters. The van der Waals surface area contributed by atoms with Crippen LogP contribution in [0.5, 0.6) is 0 Å². The van der Waals surface area contributed by atoms with Crippen molar-refractivity contribution in [1.82, 2.24) is 0 Å². The van der Waals surface area contributed by atoms with E-state index in [1.165, 1.54) is 29.2 Å². The Morgan fingerprint density at radius 3 is 2.59 bits per heavy atom. The largest absolute Gasteiger partial charge is 0.366 e. The number of alkyl halides is 2. The number of hydrogen-bond donors (Lipinski definition) is 1. The van der Waals surface area contributed by atoms with Crippen molar-refractivity contribution < 1.29 is 18.3 Å². The first kappa shape index (κ1) is 11.8. The number of rotatable bonds is 2. The molecule has 0 aliphatic carbocycles. The SMILES string of the molecule is NC(=O)c1ccc(N2CC(F)OCC2F)cc1. The molecule has 1 fully saturated rings. The van der Waals surface area contributed by atoms with Gasteiger partial charge in [0.25, 0.3) is 0 Å². The Morgan fingerprint density at radius 2 is 2.00 bits per heavy atom. The van der Waals surface area contributed by atoms with Gasteiger partial charge in [0.1, 0.15) is 6.61 Å². The summed E-state index contributed by atoms with van der Waals surface area (Å²) in [6.45, 7) is -0.476. The Hall–Kier alpha value is -1.69. The molecule has 1 aliphatic rings.